The number of rotatable bonds is 7. The van der Waals surface area contributed by atoms with E-state index in [9.17, 15) is 0 Å². The fraction of sp³-hybridized carbons (Fsp3) is 0.870. The highest BCUT2D eigenvalue weighted by atomic mass is 16.5. The van der Waals surface area contributed by atoms with Gasteiger partial charge in [0.05, 0.1) is 12.2 Å². The normalized spacial score (nSPS) is 24.6. The van der Waals surface area contributed by atoms with Gasteiger partial charge in [0.15, 0.2) is 5.82 Å². The summed E-state index contributed by atoms with van der Waals surface area (Å²) >= 11 is 0. The number of hydrogen-bond acceptors (Lipinski definition) is 5. The molecule has 158 valence electrons. The molecular formula is C23H39N3O2. The molecule has 2 aliphatic heterocycles. The molecule has 28 heavy (non-hydrogen) atoms. The quantitative estimate of drug-likeness (QED) is 0.677. The second-order valence-electron chi connectivity index (χ2n) is 9.74. The summed E-state index contributed by atoms with van der Waals surface area (Å²) in [5, 5.41) is 4.35. The Balaban J connectivity index is 1.18. The predicted molar refractivity (Wildman–Crippen MR) is 113 cm³/mol. The van der Waals surface area contributed by atoms with E-state index in [1.54, 1.807) is 0 Å². The highest BCUT2D eigenvalue weighted by Crippen LogP contribution is 2.30. The summed E-state index contributed by atoms with van der Waals surface area (Å²) in [6.45, 7) is 12.6. The van der Waals surface area contributed by atoms with Gasteiger partial charge in [0.1, 0.15) is 5.76 Å². The molecular weight excluding hydrogens is 350 g/mol. The summed E-state index contributed by atoms with van der Waals surface area (Å²) in [6.07, 6.45) is 10.1. The fourth-order valence-electron chi connectivity index (χ4n) is 4.69. The topological polar surface area (TPSA) is 41.7 Å². The number of ether oxygens (including phenoxy) is 1. The largest absolute Gasteiger partial charge is 0.375 e. The third-order valence-electron chi connectivity index (χ3n) is 7.39. The minimum atomic E-state index is 0.426. The first-order chi connectivity index (χ1) is 13.6. The van der Waals surface area contributed by atoms with Crippen LogP contribution in [-0.4, -0.2) is 55.0 Å². The van der Waals surface area contributed by atoms with Crippen LogP contribution >= 0.6 is 0 Å². The molecule has 5 heteroatoms. The molecule has 0 amide bonds. The predicted octanol–water partition coefficient (Wildman–Crippen LogP) is 4.68. The number of anilines is 1. The van der Waals surface area contributed by atoms with Crippen LogP contribution in [0.15, 0.2) is 10.6 Å². The molecule has 0 spiro atoms. The zero-order chi connectivity index (χ0) is 19.5. The summed E-state index contributed by atoms with van der Waals surface area (Å²) in [7, 11) is 0. The number of piperidine rings is 2. The zero-order valence-electron chi connectivity index (χ0n) is 18.1. The van der Waals surface area contributed by atoms with Crippen LogP contribution in [0.4, 0.5) is 5.82 Å². The van der Waals surface area contributed by atoms with Crippen molar-refractivity contribution < 1.29 is 9.26 Å². The van der Waals surface area contributed by atoms with Gasteiger partial charge in [0.25, 0.3) is 0 Å². The Morgan fingerprint density at radius 3 is 2.29 bits per heavy atom. The van der Waals surface area contributed by atoms with Crippen LogP contribution in [0.5, 0.6) is 0 Å². The lowest BCUT2D eigenvalue weighted by atomic mass is 9.94. The first-order valence-corrected chi connectivity index (χ1v) is 11.7. The second kappa shape index (κ2) is 9.17. The summed E-state index contributed by atoms with van der Waals surface area (Å²) < 4.78 is 11.8. The van der Waals surface area contributed by atoms with Gasteiger partial charge >= 0.3 is 0 Å². The Kier molecular flexibility index (Phi) is 6.62. The Bertz CT molecular complexity index is 597. The number of nitrogens with zero attached hydrogens (tertiary/aromatic N) is 3. The van der Waals surface area contributed by atoms with Crippen LogP contribution in [0.1, 0.15) is 77.4 Å². The minimum Gasteiger partial charge on any atom is -0.375 e. The van der Waals surface area contributed by atoms with Crippen LogP contribution in [0, 0.1) is 11.8 Å². The van der Waals surface area contributed by atoms with Gasteiger partial charge < -0.3 is 19.1 Å². The molecule has 1 unspecified atom stereocenters. The molecule has 0 aromatic carbocycles. The van der Waals surface area contributed by atoms with Gasteiger partial charge in [0.2, 0.25) is 0 Å². The van der Waals surface area contributed by atoms with Gasteiger partial charge in [-0.1, -0.05) is 25.9 Å². The Morgan fingerprint density at radius 1 is 1.00 bits per heavy atom. The molecule has 1 aliphatic carbocycles. The first kappa shape index (κ1) is 20.2. The van der Waals surface area contributed by atoms with Crippen molar-refractivity contribution in [3.05, 3.63) is 11.8 Å². The zero-order valence-corrected chi connectivity index (χ0v) is 18.1. The van der Waals surface area contributed by atoms with E-state index in [1.807, 2.05) is 0 Å². The van der Waals surface area contributed by atoms with Gasteiger partial charge in [-0.3, -0.25) is 0 Å². The van der Waals surface area contributed by atoms with Crippen molar-refractivity contribution in [2.24, 2.45) is 11.8 Å². The monoisotopic (exact) mass is 389 g/mol. The maximum atomic E-state index is 6.21. The molecule has 3 aliphatic rings. The van der Waals surface area contributed by atoms with E-state index in [0.717, 1.165) is 30.6 Å². The molecule has 0 N–H and O–H groups in total. The van der Waals surface area contributed by atoms with Gasteiger partial charge in [-0.05, 0) is 56.8 Å². The second-order valence-corrected chi connectivity index (χ2v) is 9.74. The van der Waals surface area contributed by atoms with Crippen molar-refractivity contribution in [3.8, 4) is 0 Å². The van der Waals surface area contributed by atoms with E-state index < -0.39 is 0 Å². The lowest BCUT2D eigenvalue weighted by molar-refractivity contribution is -0.0745. The first-order valence-electron chi connectivity index (χ1n) is 11.7. The van der Waals surface area contributed by atoms with E-state index in [1.165, 1.54) is 64.6 Å². The van der Waals surface area contributed by atoms with E-state index in [-0.39, 0.29) is 0 Å². The summed E-state index contributed by atoms with van der Waals surface area (Å²) in [5.74, 6) is 3.89. The van der Waals surface area contributed by atoms with Crippen LogP contribution in [0.25, 0.3) is 0 Å². The number of likely N-dealkylation sites (tertiary alicyclic amines) is 1. The Labute approximate surface area is 170 Å². The van der Waals surface area contributed by atoms with Crippen LogP contribution in [-0.2, 0) is 4.74 Å². The van der Waals surface area contributed by atoms with E-state index in [2.05, 4.69) is 41.8 Å². The molecule has 5 nitrogen and oxygen atoms in total. The smallest absolute Gasteiger partial charge is 0.172 e. The molecule has 1 aromatic heterocycles. The van der Waals surface area contributed by atoms with E-state index in [0.29, 0.717) is 24.0 Å². The lowest BCUT2D eigenvalue weighted by Crippen LogP contribution is -2.43. The average molecular weight is 390 g/mol. The fourth-order valence-corrected chi connectivity index (χ4v) is 4.69. The average Bonchev–Trinajstić information content (AvgIpc) is 3.16. The molecule has 1 aromatic rings. The van der Waals surface area contributed by atoms with E-state index in [4.69, 9.17) is 9.26 Å². The van der Waals surface area contributed by atoms with Crippen molar-refractivity contribution in [3.63, 3.8) is 0 Å². The maximum Gasteiger partial charge on any atom is 0.172 e. The molecule has 1 atom stereocenters. The summed E-state index contributed by atoms with van der Waals surface area (Å²) in [4.78, 5) is 5.09. The molecule has 2 saturated heterocycles. The molecule has 0 bridgehead atoms. The van der Waals surface area contributed by atoms with Gasteiger partial charge in [-0.2, -0.15) is 0 Å². The van der Waals surface area contributed by atoms with Crippen molar-refractivity contribution in [1.29, 1.82) is 0 Å². The van der Waals surface area contributed by atoms with Gasteiger partial charge in [-0.25, -0.2) is 0 Å². The molecule has 3 heterocycles. The molecule has 1 saturated carbocycles. The van der Waals surface area contributed by atoms with Crippen LogP contribution < -0.4 is 4.90 Å². The summed E-state index contributed by atoms with van der Waals surface area (Å²) in [6, 6.07) is 2.16. The number of aromatic nitrogens is 1. The highest BCUT2D eigenvalue weighted by Gasteiger charge is 2.28. The third-order valence-corrected chi connectivity index (χ3v) is 7.39. The van der Waals surface area contributed by atoms with Crippen LogP contribution in [0.2, 0.25) is 0 Å². The van der Waals surface area contributed by atoms with E-state index >= 15 is 0 Å². The summed E-state index contributed by atoms with van der Waals surface area (Å²) in [5.41, 5.74) is 0. The van der Waals surface area contributed by atoms with Crippen molar-refractivity contribution in [2.75, 3.05) is 37.6 Å². The van der Waals surface area contributed by atoms with Crippen molar-refractivity contribution in [1.82, 2.24) is 10.1 Å². The SMILES string of the molecule is CC(C)C(C)c1cc(N2CCC(CN3CCC(OC4CCC4)CC3)CC2)no1. The van der Waals surface area contributed by atoms with Crippen molar-refractivity contribution >= 4 is 5.82 Å². The Hall–Kier alpha value is -1.07. The van der Waals surface area contributed by atoms with Gasteiger partial charge in [0, 0.05) is 44.7 Å². The molecule has 4 rings (SSSR count). The highest BCUT2D eigenvalue weighted by molar-refractivity contribution is 5.39. The maximum absolute atomic E-state index is 6.21. The van der Waals surface area contributed by atoms with Gasteiger partial charge in [-0.15, -0.1) is 0 Å². The Morgan fingerprint density at radius 2 is 1.68 bits per heavy atom. The standard InChI is InChI=1S/C23H39N3O2/c1-17(2)18(3)22-15-23(24-28-22)26-13-7-19(8-14-26)16-25-11-9-21(10-12-25)27-20-5-4-6-20/h15,17-21H,4-14,16H2,1-3H3. The van der Waals surface area contributed by atoms with Crippen molar-refractivity contribution in [2.45, 2.75) is 83.8 Å². The minimum absolute atomic E-state index is 0.426. The third kappa shape index (κ3) is 4.91. The lowest BCUT2D eigenvalue weighted by Gasteiger charge is -2.39. The molecule has 3 fully saturated rings. The van der Waals surface area contributed by atoms with Crippen LogP contribution in [0.3, 0.4) is 0 Å². The number of hydrogen-bond donors (Lipinski definition) is 0. The molecule has 0 radical (unpaired) electrons.